The number of aliphatic hydroxyl groups excluding tert-OH is 1. The Balaban J connectivity index is 3.69. The summed E-state index contributed by atoms with van der Waals surface area (Å²) in [5, 5.41) is 8.59. The number of esters is 1. The summed E-state index contributed by atoms with van der Waals surface area (Å²) >= 11 is 0. The molecular formula is C7H10O3. The summed E-state index contributed by atoms with van der Waals surface area (Å²) in [4.78, 5) is 10.4. The van der Waals surface area contributed by atoms with Gasteiger partial charge in [-0.2, -0.15) is 0 Å². The van der Waals surface area contributed by atoms with Crippen molar-refractivity contribution in [3.05, 3.63) is 0 Å². The third-order valence-electron chi connectivity index (χ3n) is 0.659. The minimum Gasteiger partial charge on any atom is -0.456 e. The maximum absolute atomic E-state index is 10.4. The van der Waals surface area contributed by atoms with Crippen molar-refractivity contribution in [1.82, 2.24) is 0 Å². The van der Waals surface area contributed by atoms with Crippen molar-refractivity contribution in [2.24, 2.45) is 0 Å². The summed E-state index contributed by atoms with van der Waals surface area (Å²) in [7, 11) is 0. The third kappa shape index (κ3) is 5.13. The fourth-order valence-electron chi connectivity index (χ4n) is 0.331. The van der Waals surface area contributed by atoms with Crippen LogP contribution in [0.5, 0.6) is 0 Å². The van der Waals surface area contributed by atoms with E-state index in [2.05, 4.69) is 16.6 Å². The number of rotatable bonds is 1. The second kappa shape index (κ2) is 4.83. The van der Waals surface area contributed by atoms with E-state index in [4.69, 9.17) is 5.11 Å². The summed E-state index contributed by atoms with van der Waals surface area (Å²) in [6.07, 6.45) is -0.774. The Kier molecular flexibility index (Phi) is 4.34. The molecular weight excluding hydrogens is 132 g/mol. The Hall–Kier alpha value is -1.01. The number of carbonyl (C=O) groups excluding carboxylic acids is 1. The first-order chi connectivity index (χ1) is 4.66. The smallest absolute Gasteiger partial charge is 0.384 e. The Morgan fingerprint density at radius 3 is 2.80 bits per heavy atom. The third-order valence-corrected chi connectivity index (χ3v) is 0.659. The molecule has 0 bridgehead atoms. The SMILES string of the molecule is CCOC(=O)C#C[C@@H](C)O. The predicted molar refractivity (Wildman–Crippen MR) is 36.1 cm³/mol. The Bertz CT molecular complexity index is 161. The lowest BCUT2D eigenvalue weighted by Crippen LogP contribution is -2.02. The van der Waals surface area contributed by atoms with Crippen LogP contribution in [0.25, 0.3) is 0 Å². The van der Waals surface area contributed by atoms with Crippen LogP contribution in [-0.4, -0.2) is 23.8 Å². The van der Waals surface area contributed by atoms with E-state index in [1.807, 2.05) is 0 Å². The van der Waals surface area contributed by atoms with Gasteiger partial charge < -0.3 is 9.84 Å². The van der Waals surface area contributed by atoms with Gasteiger partial charge >= 0.3 is 5.97 Å². The highest BCUT2D eigenvalue weighted by molar-refractivity contribution is 5.88. The van der Waals surface area contributed by atoms with Gasteiger partial charge in [0.15, 0.2) is 0 Å². The maximum atomic E-state index is 10.4. The van der Waals surface area contributed by atoms with E-state index < -0.39 is 12.1 Å². The monoisotopic (exact) mass is 142 g/mol. The topological polar surface area (TPSA) is 46.5 Å². The van der Waals surface area contributed by atoms with E-state index in [0.29, 0.717) is 6.61 Å². The molecule has 0 fully saturated rings. The van der Waals surface area contributed by atoms with Gasteiger partial charge in [-0.15, -0.1) is 0 Å². The molecule has 1 N–H and O–H groups in total. The van der Waals surface area contributed by atoms with Gasteiger partial charge in [0.1, 0.15) is 6.10 Å². The van der Waals surface area contributed by atoms with Gasteiger partial charge in [-0.25, -0.2) is 4.79 Å². The average molecular weight is 142 g/mol. The van der Waals surface area contributed by atoms with E-state index in [1.54, 1.807) is 6.92 Å². The molecule has 0 saturated carbocycles. The first kappa shape index (κ1) is 8.99. The van der Waals surface area contributed by atoms with E-state index in [-0.39, 0.29) is 0 Å². The fraction of sp³-hybridized carbons (Fsp3) is 0.571. The number of carbonyl (C=O) groups is 1. The molecule has 10 heavy (non-hydrogen) atoms. The molecule has 0 spiro atoms. The molecule has 0 aliphatic carbocycles. The maximum Gasteiger partial charge on any atom is 0.384 e. The van der Waals surface area contributed by atoms with Crippen molar-refractivity contribution >= 4 is 5.97 Å². The van der Waals surface area contributed by atoms with Gasteiger partial charge in [0.25, 0.3) is 0 Å². The minimum atomic E-state index is -0.774. The van der Waals surface area contributed by atoms with Gasteiger partial charge in [0.2, 0.25) is 0 Å². The number of ether oxygens (including phenoxy) is 1. The van der Waals surface area contributed by atoms with Crippen molar-refractivity contribution in [1.29, 1.82) is 0 Å². The first-order valence-corrected chi connectivity index (χ1v) is 3.03. The van der Waals surface area contributed by atoms with Crippen molar-refractivity contribution in [2.45, 2.75) is 20.0 Å². The van der Waals surface area contributed by atoms with Gasteiger partial charge in [-0.1, -0.05) is 5.92 Å². The standard InChI is InChI=1S/C7H10O3/c1-3-10-7(9)5-4-6(2)8/h6,8H,3H2,1-2H3/t6-/m1/s1. The number of aliphatic hydroxyl groups is 1. The molecule has 3 heteroatoms. The Morgan fingerprint density at radius 1 is 1.80 bits per heavy atom. The minimum absolute atomic E-state index is 0.313. The summed E-state index contributed by atoms with van der Waals surface area (Å²) in [6.45, 7) is 3.49. The molecule has 56 valence electrons. The highest BCUT2D eigenvalue weighted by Crippen LogP contribution is 1.76. The molecule has 0 aromatic heterocycles. The molecule has 0 radical (unpaired) electrons. The fourth-order valence-corrected chi connectivity index (χ4v) is 0.331. The van der Waals surface area contributed by atoms with Gasteiger partial charge in [0, 0.05) is 5.92 Å². The lowest BCUT2D eigenvalue weighted by atomic mass is 10.4. The Morgan fingerprint density at radius 2 is 2.40 bits per heavy atom. The molecule has 0 aliphatic rings. The molecule has 0 saturated heterocycles. The Labute approximate surface area is 60.0 Å². The first-order valence-electron chi connectivity index (χ1n) is 3.03. The van der Waals surface area contributed by atoms with Crippen molar-refractivity contribution < 1.29 is 14.6 Å². The van der Waals surface area contributed by atoms with Crippen LogP contribution in [0.3, 0.4) is 0 Å². The van der Waals surface area contributed by atoms with E-state index >= 15 is 0 Å². The summed E-state index contributed by atoms with van der Waals surface area (Å²) in [6, 6.07) is 0. The molecule has 1 atom stereocenters. The van der Waals surface area contributed by atoms with Crippen molar-refractivity contribution in [2.75, 3.05) is 6.61 Å². The van der Waals surface area contributed by atoms with E-state index in [9.17, 15) is 4.79 Å². The lowest BCUT2D eigenvalue weighted by molar-refractivity contribution is -0.136. The molecule has 0 rings (SSSR count). The van der Waals surface area contributed by atoms with Crippen molar-refractivity contribution in [3.8, 4) is 11.8 Å². The number of hydrogen-bond acceptors (Lipinski definition) is 3. The second-order valence-electron chi connectivity index (χ2n) is 1.67. The van der Waals surface area contributed by atoms with Crippen LogP contribution < -0.4 is 0 Å². The molecule has 0 aliphatic heterocycles. The molecule has 0 aromatic carbocycles. The van der Waals surface area contributed by atoms with Crippen LogP contribution in [0.4, 0.5) is 0 Å². The largest absolute Gasteiger partial charge is 0.456 e. The second-order valence-corrected chi connectivity index (χ2v) is 1.67. The highest BCUT2D eigenvalue weighted by Gasteiger charge is 1.92. The predicted octanol–water partition coefficient (Wildman–Crippen LogP) is -0.0663. The zero-order valence-electron chi connectivity index (χ0n) is 6.05. The van der Waals surface area contributed by atoms with Crippen LogP contribution in [0.2, 0.25) is 0 Å². The number of hydrogen-bond donors (Lipinski definition) is 1. The van der Waals surface area contributed by atoms with Gasteiger partial charge in [0.05, 0.1) is 6.61 Å². The van der Waals surface area contributed by atoms with E-state index in [0.717, 1.165) is 0 Å². The molecule has 0 heterocycles. The van der Waals surface area contributed by atoms with E-state index in [1.165, 1.54) is 6.92 Å². The zero-order chi connectivity index (χ0) is 7.98. The molecule has 3 nitrogen and oxygen atoms in total. The summed E-state index contributed by atoms with van der Waals surface area (Å²) < 4.78 is 4.47. The van der Waals surface area contributed by atoms with Gasteiger partial charge in [-0.3, -0.25) is 0 Å². The normalized spacial score (nSPS) is 11.1. The molecule has 0 amide bonds. The van der Waals surface area contributed by atoms with Crippen LogP contribution >= 0.6 is 0 Å². The lowest BCUT2D eigenvalue weighted by Gasteiger charge is -1.91. The summed E-state index contributed by atoms with van der Waals surface area (Å²) in [5.41, 5.74) is 0. The molecule has 0 aromatic rings. The highest BCUT2D eigenvalue weighted by atomic mass is 16.5. The molecule has 0 unspecified atom stereocenters. The van der Waals surface area contributed by atoms with Crippen LogP contribution in [-0.2, 0) is 9.53 Å². The van der Waals surface area contributed by atoms with Crippen LogP contribution in [0, 0.1) is 11.8 Å². The van der Waals surface area contributed by atoms with Gasteiger partial charge in [-0.05, 0) is 13.8 Å². The quantitative estimate of drug-likeness (QED) is 0.317. The van der Waals surface area contributed by atoms with Crippen LogP contribution in [0.15, 0.2) is 0 Å². The zero-order valence-corrected chi connectivity index (χ0v) is 6.05. The average Bonchev–Trinajstić information content (AvgIpc) is 1.85. The summed E-state index contributed by atoms with van der Waals surface area (Å²) in [5.74, 6) is 3.79. The van der Waals surface area contributed by atoms with Crippen molar-refractivity contribution in [3.63, 3.8) is 0 Å². The van der Waals surface area contributed by atoms with Crippen LogP contribution in [0.1, 0.15) is 13.8 Å².